The van der Waals surface area contributed by atoms with E-state index in [0.717, 1.165) is 6.54 Å². The van der Waals surface area contributed by atoms with Crippen LogP contribution in [0.15, 0.2) is 0 Å². The molecule has 0 fully saturated rings. The van der Waals surface area contributed by atoms with E-state index in [1.165, 1.54) is 51.4 Å². The molecule has 0 N–H and O–H groups in total. The Kier molecular flexibility index (Phi) is 4.31. The summed E-state index contributed by atoms with van der Waals surface area (Å²) in [6.45, 7) is 8.09. The van der Waals surface area contributed by atoms with Crippen LogP contribution in [0.3, 0.4) is 0 Å². The smallest absolute Gasteiger partial charge is 0.0212 e. The highest BCUT2D eigenvalue weighted by Crippen LogP contribution is 2.32. The molecule has 0 atom stereocenters. The van der Waals surface area contributed by atoms with Gasteiger partial charge in [0.15, 0.2) is 0 Å². The lowest BCUT2D eigenvalue weighted by Gasteiger charge is -2.13. The minimum absolute atomic E-state index is 1.16. The van der Waals surface area contributed by atoms with Crippen LogP contribution >= 0.6 is 0 Å². The van der Waals surface area contributed by atoms with E-state index in [4.69, 9.17) is 0 Å². The van der Waals surface area contributed by atoms with E-state index in [9.17, 15) is 0 Å². The van der Waals surface area contributed by atoms with Crippen LogP contribution in [0.25, 0.3) is 0 Å². The zero-order valence-corrected chi connectivity index (χ0v) is 11.8. The molecule has 1 aliphatic rings. The first-order chi connectivity index (χ1) is 8.33. The minimum Gasteiger partial charge on any atom is -0.348 e. The Bertz CT molecular complexity index is 340. The maximum Gasteiger partial charge on any atom is 0.0212 e. The molecule has 17 heavy (non-hydrogen) atoms. The SMILES string of the molecule is CCCc1c2c(c(CCC)n1CC)CCCC2. The van der Waals surface area contributed by atoms with Crippen LogP contribution < -0.4 is 0 Å². The van der Waals surface area contributed by atoms with Gasteiger partial charge in [-0.2, -0.15) is 0 Å². The normalized spacial score (nSPS) is 15.0. The number of nitrogens with zero attached hydrogens (tertiary/aromatic N) is 1. The molecule has 1 heteroatoms. The Morgan fingerprint density at radius 1 is 0.824 bits per heavy atom. The lowest BCUT2D eigenvalue weighted by atomic mass is 9.90. The molecule has 1 nitrogen and oxygen atoms in total. The fourth-order valence-corrected chi connectivity index (χ4v) is 3.46. The predicted molar refractivity (Wildman–Crippen MR) is 74.7 cm³/mol. The highest BCUT2D eigenvalue weighted by atomic mass is 15.0. The zero-order chi connectivity index (χ0) is 12.3. The number of hydrogen-bond acceptors (Lipinski definition) is 0. The first kappa shape index (κ1) is 12.7. The molecular formula is C16H27N. The number of hydrogen-bond donors (Lipinski definition) is 0. The van der Waals surface area contributed by atoms with Gasteiger partial charge in [-0.05, 0) is 56.6 Å². The van der Waals surface area contributed by atoms with Crippen molar-refractivity contribution in [1.29, 1.82) is 0 Å². The van der Waals surface area contributed by atoms with Gasteiger partial charge in [-0.15, -0.1) is 0 Å². The van der Waals surface area contributed by atoms with Crippen molar-refractivity contribution in [2.45, 2.75) is 78.7 Å². The van der Waals surface area contributed by atoms with Crippen LogP contribution in [0.2, 0.25) is 0 Å². The molecular weight excluding hydrogens is 206 g/mol. The monoisotopic (exact) mass is 233 g/mol. The van der Waals surface area contributed by atoms with Crippen LogP contribution in [-0.4, -0.2) is 4.57 Å². The Labute approximate surface area is 106 Å². The van der Waals surface area contributed by atoms with E-state index < -0.39 is 0 Å². The third-order valence-electron chi connectivity index (χ3n) is 4.11. The molecule has 0 bridgehead atoms. The van der Waals surface area contributed by atoms with E-state index in [1.807, 2.05) is 0 Å². The standard InChI is InChI=1S/C16H27N/c1-4-9-15-13-11-7-8-12-14(13)16(10-5-2)17(15)6-3/h4-12H2,1-3H3. The highest BCUT2D eigenvalue weighted by molar-refractivity contribution is 5.41. The first-order valence-electron chi connectivity index (χ1n) is 7.55. The van der Waals surface area contributed by atoms with E-state index in [1.54, 1.807) is 22.5 Å². The summed E-state index contributed by atoms with van der Waals surface area (Å²) in [5.41, 5.74) is 6.83. The minimum atomic E-state index is 1.16. The average Bonchev–Trinajstić information content (AvgIpc) is 2.65. The average molecular weight is 233 g/mol. The molecule has 0 aliphatic heterocycles. The molecule has 0 saturated carbocycles. The van der Waals surface area contributed by atoms with Gasteiger partial charge in [0.1, 0.15) is 0 Å². The summed E-state index contributed by atoms with van der Waals surface area (Å²) in [5, 5.41) is 0. The molecule has 0 aromatic carbocycles. The molecule has 1 heterocycles. The second-order valence-electron chi connectivity index (χ2n) is 5.30. The third-order valence-corrected chi connectivity index (χ3v) is 4.11. The summed E-state index contributed by atoms with van der Waals surface area (Å²) in [6, 6.07) is 0. The third kappa shape index (κ3) is 2.29. The van der Waals surface area contributed by atoms with Gasteiger partial charge in [0.2, 0.25) is 0 Å². The topological polar surface area (TPSA) is 4.93 Å². The van der Waals surface area contributed by atoms with Crippen LogP contribution in [-0.2, 0) is 32.2 Å². The zero-order valence-electron chi connectivity index (χ0n) is 11.8. The maximum absolute atomic E-state index is 2.64. The van der Waals surface area contributed by atoms with Gasteiger partial charge >= 0.3 is 0 Å². The van der Waals surface area contributed by atoms with Gasteiger partial charge in [0, 0.05) is 17.9 Å². The second kappa shape index (κ2) is 5.75. The molecule has 0 saturated heterocycles. The summed E-state index contributed by atoms with van der Waals surface area (Å²) in [5.74, 6) is 0. The van der Waals surface area contributed by atoms with Crippen LogP contribution in [0.1, 0.15) is 69.0 Å². The van der Waals surface area contributed by atoms with E-state index in [-0.39, 0.29) is 0 Å². The fourth-order valence-electron chi connectivity index (χ4n) is 3.46. The highest BCUT2D eigenvalue weighted by Gasteiger charge is 2.22. The number of rotatable bonds is 5. The van der Waals surface area contributed by atoms with Crippen molar-refractivity contribution in [3.63, 3.8) is 0 Å². The van der Waals surface area contributed by atoms with Gasteiger partial charge in [0.05, 0.1) is 0 Å². The molecule has 0 spiro atoms. The Morgan fingerprint density at radius 2 is 1.29 bits per heavy atom. The van der Waals surface area contributed by atoms with Crippen molar-refractivity contribution in [2.75, 3.05) is 0 Å². The van der Waals surface area contributed by atoms with Crippen molar-refractivity contribution in [3.8, 4) is 0 Å². The summed E-state index contributed by atoms with van der Waals surface area (Å²) >= 11 is 0. The first-order valence-corrected chi connectivity index (χ1v) is 7.55. The lowest BCUT2D eigenvalue weighted by Crippen LogP contribution is -2.06. The van der Waals surface area contributed by atoms with Crippen molar-refractivity contribution in [1.82, 2.24) is 4.57 Å². The van der Waals surface area contributed by atoms with Gasteiger partial charge < -0.3 is 4.57 Å². The van der Waals surface area contributed by atoms with Gasteiger partial charge in [0.25, 0.3) is 0 Å². The quantitative estimate of drug-likeness (QED) is 0.715. The Morgan fingerprint density at radius 3 is 1.65 bits per heavy atom. The molecule has 1 aromatic heterocycles. The van der Waals surface area contributed by atoms with Crippen molar-refractivity contribution in [2.24, 2.45) is 0 Å². The molecule has 1 aliphatic carbocycles. The molecule has 0 radical (unpaired) electrons. The number of fused-ring (bicyclic) bond motifs is 1. The van der Waals surface area contributed by atoms with E-state index >= 15 is 0 Å². The van der Waals surface area contributed by atoms with Crippen LogP contribution in [0.4, 0.5) is 0 Å². The Hall–Kier alpha value is -0.720. The summed E-state index contributed by atoms with van der Waals surface area (Å²) in [4.78, 5) is 0. The lowest BCUT2D eigenvalue weighted by molar-refractivity contribution is 0.652. The van der Waals surface area contributed by atoms with Gasteiger partial charge in [-0.3, -0.25) is 0 Å². The van der Waals surface area contributed by atoms with Crippen molar-refractivity contribution >= 4 is 0 Å². The number of aromatic nitrogens is 1. The second-order valence-corrected chi connectivity index (χ2v) is 5.30. The largest absolute Gasteiger partial charge is 0.348 e. The molecule has 0 amide bonds. The van der Waals surface area contributed by atoms with Gasteiger partial charge in [-0.1, -0.05) is 26.7 Å². The van der Waals surface area contributed by atoms with Gasteiger partial charge in [-0.25, -0.2) is 0 Å². The van der Waals surface area contributed by atoms with E-state index in [2.05, 4.69) is 25.3 Å². The summed E-state index contributed by atoms with van der Waals surface area (Å²) in [6.07, 6.45) is 10.6. The maximum atomic E-state index is 2.64. The van der Waals surface area contributed by atoms with E-state index in [0.29, 0.717) is 0 Å². The fraction of sp³-hybridized carbons (Fsp3) is 0.750. The molecule has 0 unspecified atom stereocenters. The Balaban J connectivity index is 2.48. The van der Waals surface area contributed by atoms with Crippen LogP contribution in [0.5, 0.6) is 0 Å². The van der Waals surface area contributed by atoms with Crippen LogP contribution in [0, 0.1) is 0 Å². The summed E-state index contributed by atoms with van der Waals surface area (Å²) in [7, 11) is 0. The predicted octanol–water partition coefficient (Wildman–Crippen LogP) is 4.29. The van der Waals surface area contributed by atoms with Crippen molar-refractivity contribution < 1.29 is 0 Å². The molecule has 2 rings (SSSR count). The molecule has 96 valence electrons. The molecule has 1 aromatic rings. The van der Waals surface area contributed by atoms with Crippen molar-refractivity contribution in [3.05, 3.63) is 22.5 Å². The summed E-state index contributed by atoms with van der Waals surface area (Å²) < 4.78 is 2.64.